The maximum absolute atomic E-state index is 11.7. The highest BCUT2D eigenvalue weighted by atomic mass is 16.5. The summed E-state index contributed by atoms with van der Waals surface area (Å²) in [5, 5.41) is 1.84. The molecule has 1 aromatic rings. The van der Waals surface area contributed by atoms with Crippen LogP contribution in [0.2, 0.25) is 0 Å². The molecule has 1 aromatic carbocycles. The number of amides is 3. The van der Waals surface area contributed by atoms with E-state index < -0.39 is 24.0 Å². The van der Waals surface area contributed by atoms with Crippen molar-refractivity contribution in [2.24, 2.45) is 5.73 Å². The van der Waals surface area contributed by atoms with Crippen molar-refractivity contribution >= 4 is 17.9 Å². The smallest absolute Gasteiger partial charge is 0.338 e. The van der Waals surface area contributed by atoms with Crippen molar-refractivity contribution in [3.8, 4) is 0 Å². The molecule has 0 saturated heterocycles. The van der Waals surface area contributed by atoms with E-state index in [4.69, 9.17) is 10.5 Å². The lowest BCUT2D eigenvalue weighted by Crippen LogP contribution is -2.42. The molecule has 6 nitrogen and oxygen atoms in total. The van der Waals surface area contributed by atoms with Crippen LogP contribution in [0.5, 0.6) is 0 Å². The zero-order valence-electron chi connectivity index (χ0n) is 10.8. The van der Waals surface area contributed by atoms with E-state index in [-0.39, 0.29) is 0 Å². The van der Waals surface area contributed by atoms with Crippen molar-refractivity contribution in [3.63, 3.8) is 0 Å². The predicted molar refractivity (Wildman–Crippen MR) is 68.4 cm³/mol. The second-order valence-corrected chi connectivity index (χ2v) is 3.95. The minimum absolute atomic E-state index is 0.343. The van der Waals surface area contributed by atoms with Crippen LogP contribution >= 0.6 is 0 Å². The Bertz CT molecular complexity index is 482. The second kappa shape index (κ2) is 6.53. The summed E-state index contributed by atoms with van der Waals surface area (Å²) >= 11 is 0. The summed E-state index contributed by atoms with van der Waals surface area (Å²) in [5.41, 5.74) is 6.23. The van der Waals surface area contributed by atoms with Gasteiger partial charge in [-0.3, -0.25) is 10.1 Å². The summed E-state index contributed by atoms with van der Waals surface area (Å²) in [7, 11) is 0. The van der Waals surface area contributed by atoms with Crippen LogP contribution in [-0.2, 0) is 16.0 Å². The molecule has 3 amide bonds. The number of aryl methyl sites for hydroxylation is 1. The maximum Gasteiger partial charge on any atom is 0.338 e. The van der Waals surface area contributed by atoms with Crippen LogP contribution < -0.4 is 11.1 Å². The fraction of sp³-hybridized carbons (Fsp3) is 0.308. The highest BCUT2D eigenvalue weighted by Crippen LogP contribution is 2.08. The molecule has 3 N–H and O–H groups in total. The molecule has 0 fully saturated rings. The van der Waals surface area contributed by atoms with Gasteiger partial charge in [0.1, 0.15) is 0 Å². The van der Waals surface area contributed by atoms with Crippen molar-refractivity contribution in [3.05, 3.63) is 35.4 Å². The van der Waals surface area contributed by atoms with E-state index >= 15 is 0 Å². The van der Waals surface area contributed by atoms with Gasteiger partial charge in [0.15, 0.2) is 6.10 Å². The molecule has 6 heteroatoms. The van der Waals surface area contributed by atoms with E-state index in [1.165, 1.54) is 6.92 Å². The van der Waals surface area contributed by atoms with Gasteiger partial charge in [-0.05, 0) is 31.0 Å². The van der Waals surface area contributed by atoms with E-state index in [0.717, 1.165) is 12.0 Å². The van der Waals surface area contributed by atoms with E-state index in [1.807, 2.05) is 24.4 Å². The molecule has 1 unspecified atom stereocenters. The average molecular weight is 264 g/mol. The first-order valence-electron chi connectivity index (χ1n) is 5.84. The summed E-state index contributed by atoms with van der Waals surface area (Å²) in [4.78, 5) is 33.5. The number of hydrogen-bond donors (Lipinski definition) is 2. The van der Waals surface area contributed by atoms with Gasteiger partial charge in [0.25, 0.3) is 5.91 Å². The Kier molecular flexibility index (Phi) is 5.05. The normalized spacial score (nSPS) is 11.5. The van der Waals surface area contributed by atoms with Crippen LogP contribution in [0.3, 0.4) is 0 Å². The Hall–Kier alpha value is -2.37. The van der Waals surface area contributed by atoms with Crippen LogP contribution in [0, 0.1) is 0 Å². The molecule has 0 aliphatic carbocycles. The van der Waals surface area contributed by atoms with Crippen molar-refractivity contribution < 1.29 is 19.1 Å². The molecule has 102 valence electrons. The SMILES string of the molecule is CCc1ccc(C(=O)OC(C)C(=O)NC(N)=O)cc1. The average Bonchev–Trinajstić information content (AvgIpc) is 2.37. The lowest BCUT2D eigenvalue weighted by atomic mass is 10.1. The third-order valence-electron chi connectivity index (χ3n) is 2.50. The number of benzene rings is 1. The van der Waals surface area contributed by atoms with Crippen LogP contribution in [0.1, 0.15) is 29.8 Å². The van der Waals surface area contributed by atoms with E-state index in [1.54, 1.807) is 12.1 Å². The highest BCUT2D eigenvalue weighted by molar-refractivity contribution is 5.98. The number of esters is 1. The molecule has 0 aromatic heterocycles. The van der Waals surface area contributed by atoms with E-state index in [9.17, 15) is 14.4 Å². The summed E-state index contributed by atoms with van der Waals surface area (Å²) in [6, 6.07) is 5.88. The first-order valence-corrected chi connectivity index (χ1v) is 5.84. The molecule has 0 heterocycles. The van der Waals surface area contributed by atoms with Crippen LogP contribution in [0.4, 0.5) is 4.79 Å². The molecule has 19 heavy (non-hydrogen) atoms. The van der Waals surface area contributed by atoms with Crippen molar-refractivity contribution in [1.29, 1.82) is 0 Å². The number of primary amides is 1. The van der Waals surface area contributed by atoms with Gasteiger partial charge in [-0.25, -0.2) is 9.59 Å². The summed E-state index contributed by atoms with van der Waals surface area (Å²) in [5.74, 6) is -1.39. The second-order valence-electron chi connectivity index (χ2n) is 3.95. The zero-order valence-corrected chi connectivity index (χ0v) is 10.8. The van der Waals surface area contributed by atoms with Crippen LogP contribution in [-0.4, -0.2) is 24.0 Å². The largest absolute Gasteiger partial charge is 0.449 e. The monoisotopic (exact) mass is 264 g/mol. The van der Waals surface area contributed by atoms with Crippen molar-refractivity contribution in [2.45, 2.75) is 26.4 Å². The minimum atomic E-state index is -1.09. The first-order chi connectivity index (χ1) is 8.93. The summed E-state index contributed by atoms with van der Waals surface area (Å²) < 4.78 is 4.91. The number of hydrogen-bond acceptors (Lipinski definition) is 4. The van der Waals surface area contributed by atoms with Crippen molar-refractivity contribution in [2.75, 3.05) is 0 Å². The standard InChI is InChI=1S/C13H16N2O4/c1-3-9-4-6-10(7-5-9)12(17)19-8(2)11(16)15-13(14)18/h4-8H,3H2,1-2H3,(H3,14,15,16,18). The molecular formula is C13H16N2O4. The molecule has 0 bridgehead atoms. The Labute approximate surface area is 110 Å². The van der Waals surface area contributed by atoms with Gasteiger partial charge < -0.3 is 10.5 Å². The lowest BCUT2D eigenvalue weighted by molar-refractivity contribution is -0.127. The molecule has 0 spiro atoms. The van der Waals surface area contributed by atoms with Gasteiger partial charge in [-0.15, -0.1) is 0 Å². The van der Waals surface area contributed by atoms with Gasteiger partial charge in [-0.1, -0.05) is 19.1 Å². The number of ether oxygens (including phenoxy) is 1. The highest BCUT2D eigenvalue weighted by Gasteiger charge is 2.19. The van der Waals surface area contributed by atoms with Gasteiger partial charge >= 0.3 is 12.0 Å². The number of urea groups is 1. The summed E-state index contributed by atoms with van der Waals surface area (Å²) in [6.07, 6.45) is -0.224. The molecule has 1 atom stereocenters. The third kappa shape index (κ3) is 4.42. The lowest BCUT2D eigenvalue weighted by Gasteiger charge is -2.12. The minimum Gasteiger partial charge on any atom is -0.449 e. The Morgan fingerprint density at radius 3 is 2.32 bits per heavy atom. The fourth-order valence-electron chi connectivity index (χ4n) is 1.38. The van der Waals surface area contributed by atoms with Crippen LogP contribution in [0.25, 0.3) is 0 Å². The Morgan fingerprint density at radius 2 is 1.84 bits per heavy atom. The molecule has 0 saturated carbocycles. The number of nitrogens with two attached hydrogens (primary N) is 1. The molecular weight excluding hydrogens is 248 g/mol. The number of carbonyl (C=O) groups excluding carboxylic acids is 3. The Morgan fingerprint density at radius 1 is 1.26 bits per heavy atom. The number of rotatable bonds is 4. The molecule has 0 aliphatic heterocycles. The molecule has 0 aliphatic rings. The topological polar surface area (TPSA) is 98.5 Å². The number of nitrogens with one attached hydrogen (secondary N) is 1. The fourth-order valence-corrected chi connectivity index (χ4v) is 1.38. The van der Waals surface area contributed by atoms with Crippen molar-refractivity contribution in [1.82, 2.24) is 5.32 Å². The van der Waals surface area contributed by atoms with E-state index in [2.05, 4.69) is 0 Å². The van der Waals surface area contributed by atoms with Crippen LogP contribution in [0.15, 0.2) is 24.3 Å². The maximum atomic E-state index is 11.7. The van der Waals surface area contributed by atoms with Gasteiger partial charge in [0.05, 0.1) is 5.56 Å². The van der Waals surface area contributed by atoms with Gasteiger partial charge in [0.2, 0.25) is 0 Å². The summed E-state index contributed by atoms with van der Waals surface area (Å²) in [6.45, 7) is 3.36. The molecule has 0 radical (unpaired) electrons. The first kappa shape index (κ1) is 14.7. The quantitative estimate of drug-likeness (QED) is 0.792. The Balaban J connectivity index is 2.63. The molecule has 1 rings (SSSR count). The van der Waals surface area contributed by atoms with Gasteiger partial charge in [-0.2, -0.15) is 0 Å². The predicted octanol–water partition coefficient (Wildman–Crippen LogP) is 0.989. The number of carbonyl (C=O) groups is 3. The zero-order chi connectivity index (χ0) is 14.4. The third-order valence-corrected chi connectivity index (χ3v) is 2.50. The van der Waals surface area contributed by atoms with E-state index in [0.29, 0.717) is 5.56 Å². The van der Waals surface area contributed by atoms with Gasteiger partial charge in [0, 0.05) is 0 Å². The number of imide groups is 1.